The fourth-order valence-electron chi connectivity index (χ4n) is 1.67. The number of rotatable bonds is 2. The van der Waals surface area contributed by atoms with Crippen molar-refractivity contribution in [1.82, 2.24) is 4.57 Å². The van der Waals surface area contributed by atoms with Gasteiger partial charge < -0.3 is 4.57 Å². The number of nitrogens with zero attached hydrogens (tertiary/aromatic N) is 1. The fraction of sp³-hybridized carbons (Fsp3) is 0.182. The molecule has 0 aliphatic rings. The third-order valence-corrected chi connectivity index (χ3v) is 2.42. The fourth-order valence-corrected chi connectivity index (χ4v) is 1.67. The molecular weight excluding hydrogens is 200 g/mol. The number of hydrogen-bond acceptors (Lipinski definition) is 1. The van der Waals surface area contributed by atoms with Crippen LogP contribution in [-0.4, -0.2) is 10.9 Å². The molecule has 2 aromatic rings. The normalized spacial score (nSPS) is 11.2. The summed E-state index contributed by atoms with van der Waals surface area (Å²) in [5.41, 5.74) is 1.16. The van der Waals surface area contributed by atoms with Crippen molar-refractivity contribution in [1.29, 1.82) is 0 Å². The van der Waals surface area contributed by atoms with E-state index in [0.717, 1.165) is 5.52 Å². The Kier molecular flexibility index (Phi) is 2.26. The molecular formula is C11H9F2NO. The van der Waals surface area contributed by atoms with E-state index in [2.05, 4.69) is 0 Å². The molecule has 0 saturated heterocycles. The monoisotopic (exact) mass is 209 g/mol. The van der Waals surface area contributed by atoms with Crippen molar-refractivity contribution in [2.75, 3.05) is 0 Å². The Balaban J connectivity index is 2.73. The number of halogens is 2. The molecule has 0 aliphatic carbocycles. The number of aromatic nitrogens is 1. The van der Waals surface area contributed by atoms with Crippen molar-refractivity contribution in [3.8, 4) is 0 Å². The van der Waals surface area contributed by atoms with Crippen molar-refractivity contribution < 1.29 is 13.6 Å². The van der Waals surface area contributed by atoms with Gasteiger partial charge in [-0.3, -0.25) is 4.79 Å². The molecule has 0 fully saturated rings. The van der Waals surface area contributed by atoms with Crippen LogP contribution in [0.4, 0.5) is 8.78 Å². The van der Waals surface area contributed by atoms with E-state index in [4.69, 9.17) is 0 Å². The second kappa shape index (κ2) is 3.46. The zero-order valence-corrected chi connectivity index (χ0v) is 8.08. The summed E-state index contributed by atoms with van der Waals surface area (Å²) in [6.45, 7) is 0. The lowest BCUT2D eigenvalue weighted by Gasteiger charge is -2.00. The van der Waals surface area contributed by atoms with Crippen LogP contribution in [-0.2, 0) is 7.05 Å². The van der Waals surface area contributed by atoms with Gasteiger partial charge >= 0.3 is 0 Å². The van der Waals surface area contributed by atoms with Crippen molar-refractivity contribution in [2.45, 2.75) is 6.43 Å². The molecule has 0 spiro atoms. The highest BCUT2D eigenvalue weighted by Crippen LogP contribution is 2.26. The molecule has 1 aromatic carbocycles. The minimum Gasteiger partial charge on any atom is -0.350 e. The highest BCUT2D eigenvalue weighted by Gasteiger charge is 2.11. The predicted octanol–water partition coefficient (Wildman–Crippen LogP) is 2.93. The third-order valence-electron chi connectivity index (χ3n) is 2.42. The number of alkyl halides is 2. The quantitative estimate of drug-likeness (QED) is 0.697. The van der Waals surface area contributed by atoms with E-state index < -0.39 is 6.43 Å². The average Bonchev–Trinajstić information content (AvgIpc) is 2.55. The Labute approximate surface area is 85.1 Å². The average molecular weight is 209 g/mol. The molecule has 0 aliphatic heterocycles. The van der Waals surface area contributed by atoms with E-state index >= 15 is 0 Å². The van der Waals surface area contributed by atoms with E-state index in [1.54, 1.807) is 23.9 Å². The Morgan fingerprint density at radius 3 is 2.73 bits per heavy atom. The number of aldehydes is 1. The maximum atomic E-state index is 12.4. The van der Waals surface area contributed by atoms with Gasteiger partial charge in [-0.05, 0) is 12.1 Å². The van der Waals surface area contributed by atoms with Crippen LogP contribution >= 0.6 is 0 Å². The summed E-state index contributed by atoms with van der Waals surface area (Å²) in [5.74, 6) is 0. The van der Waals surface area contributed by atoms with E-state index in [0.29, 0.717) is 17.2 Å². The van der Waals surface area contributed by atoms with Gasteiger partial charge in [0.15, 0.2) is 6.29 Å². The van der Waals surface area contributed by atoms with E-state index in [1.165, 1.54) is 12.1 Å². The lowest BCUT2D eigenvalue weighted by Crippen LogP contribution is -1.86. The van der Waals surface area contributed by atoms with E-state index in [-0.39, 0.29) is 5.56 Å². The van der Waals surface area contributed by atoms with Gasteiger partial charge in [0.1, 0.15) is 0 Å². The van der Waals surface area contributed by atoms with Crippen LogP contribution in [0, 0.1) is 0 Å². The number of carbonyl (C=O) groups is 1. The first-order valence-corrected chi connectivity index (χ1v) is 4.46. The van der Waals surface area contributed by atoms with Crippen molar-refractivity contribution >= 4 is 17.2 Å². The van der Waals surface area contributed by atoms with Crippen molar-refractivity contribution in [2.24, 2.45) is 7.05 Å². The van der Waals surface area contributed by atoms with Crippen LogP contribution < -0.4 is 0 Å². The highest BCUT2D eigenvalue weighted by molar-refractivity contribution is 5.97. The lowest BCUT2D eigenvalue weighted by atomic mass is 10.1. The Hall–Kier alpha value is -1.71. The summed E-state index contributed by atoms with van der Waals surface area (Å²) < 4.78 is 26.6. The molecule has 78 valence electrons. The van der Waals surface area contributed by atoms with Gasteiger partial charge in [-0.15, -0.1) is 0 Å². The molecule has 0 radical (unpaired) electrons. The maximum absolute atomic E-state index is 12.4. The second-order valence-electron chi connectivity index (χ2n) is 3.39. The summed E-state index contributed by atoms with van der Waals surface area (Å²) in [7, 11) is 1.78. The lowest BCUT2D eigenvalue weighted by molar-refractivity contribution is 0.112. The van der Waals surface area contributed by atoms with Crippen LogP contribution in [0.2, 0.25) is 0 Å². The Morgan fingerprint density at radius 2 is 2.13 bits per heavy atom. The standard InChI is InChI=1S/C11H9F2NO/c1-14-5-8(6-15)9-4-7(11(12)13)2-3-10(9)14/h2-6,11H,1H3. The van der Waals surface area contributed by atoms with Crippen LogP contribution in [0.3, 0.4) is 0 Å². The summed E-state index contributed by atoms with van der Waals surface area (Å²) >= 11 is 0. The smallest absolute Gasteiger partial charge is 0.263 e. The molecule has 2 nitrogen and oxygen atoms in total. The summed E-state index contributed by atoms with van der Waals surface area (Å²) in [6.07, 6.45) is -0.195. The first kappa shape index (κ1) is 9.83. The Bertz CT molecular complexity index is 517. The molecule has 0 atom stereocenters. The van der Waals surface area contributed by atoms with Gasteiger partial charge in [-0.2, -0.15) is 0 Å². The van der Waals surface area contributed by atoms with Gasteiger partial charge in [0.2, 0.25) is 0 Å². The molecule has 2 rings (SSSR count). The van der Waals surface area contributed by atoms with Gasteiger partial charge in [0, 0.05) is 35.3 Å². The largest absolute Gasteiger partial charge is 0.350 e. The number of aryl methyl sites for hydroxylation is 1. The van der Waals surface area contributed by atoms with Gasteiger partial charge in [0.25, 0.3) is 6.43 Å². The number of benzene rings is 1. The summed E-state index contributed by atoms with van der Waals surface area (Å²) in [5, 5.41) is 0.574. The van der Waals surface area contributed by atoms with E-state index in [1.807, 2.05) is 0 Å². The highest BCUT2D eigenvalue weighted by atomic mass is 19.3. The van der Waals surface area contributed by atoms with Gasteiger partial charge in [0.05, 0.1) is 0 Å². The topological polar surface area (TPSA) is 22.0 Å². The van der Waals surface area contributed by atoms with Crippen molar-refractivity contribution in [3.63, 3.8) is 0 Å². The first-order chi connectivity index (χ1) is 7.13. The van der Waals surface area contributed by atoms with Gasteiger partial charge in [-0.25, -0.2) is 8.78 Å². The van der Waals surface area contributed by atoms with Crippen LogP contribution in [0.15, 0.2) is 24.4 Å². The molecule has 1 aromatic heterocycles. The van der Waals surface area contributed by atoms with Gasteiger partial charge in [-0.1, -0.05) is 6.07 Å². The summed E-state index contributed by atoms with van der Waals surface area (Å²) in [4.78, 5) is 10.7. The van der Waals surface area contributed by atoms with Crippen LogP contribution in [0.25, 0.3) is 10.9 Å². The summed E-state index contributed by atoms with van der Waals surface area (Å²) in [6, 6.07) is 4.34. The van der Waals surface area contributed by atoms with E-state index in [9.17, 15) is 13.6 Å². The molecule has 0 bridgehead atoms. The second-order valence-corrected chi connectivity index (χ2v) is 3.39. The van der Waals surface area contributed by atoms with Crippen LogP contribution in [0.5, 0.6) is 0 Å². The zero-order chi connectivity index (χ0) is 11.0. The predicted molar refractivity (Wildman–Crippen MR) is 53.3 cm³/mol. The molecule has 1 heterocycles. The molecule has 4 heteroatoms. The SMILES string of the molecule is Cn1cc(C=O)c2cc(C(F)F)ccc21. The molecule has 15 heavy (non-hydrogen) atoms. The molecule has 0 unspecified atom stereocenters. The minimum atomic E-state index is -2.51. The number of fused-ring (bicyclic) bond motifs is 1. The first-order valence-electron chi connectivity index (χ1n) is 4.46. The van der Waals surface area contributed by atoms with Crippen molar-refractivity contribution in [3.05, 3.63) is 35.5 Å². The number of carbonyl (C=O) groups excluding carboxylic acids is 1. The third kappa shape index (κ3) is 1.52. The zero-order valence-electron chi connectivity index (χ0n) is 8.08. The molecule has 0 amide bonds. The maximum Gasteiger partial charge on any atom is 0.263 e. The number of hydrogen-bond donors (Lipinski definition) is 0. The molecule has 0 saturated carbocycles. The minimum absolute atomic E-state index is 0.0585. The van der Waals surface area contributed by atoms with Crippen LogP contribution in [0.1, 0.15) is 22.3 Å². The Morgan fingerprint density at radius 1 is 1.40 bits per heavy atom. The molecule has 0 N–H and O–H groups in total.